The van der Waals surface area contributed by atoms with Crippen molar-refractivity contribution >= 4 is 17.1 Å². The summed E-state index contributed by atoms with van der Waals surface area (Å²) in [5, 5.41) is 0. The van der Waals surface area contributed by atoms with Crippen LogP contribution < -0.4 is 19.9 Å². The predicted molar refractivity (Wildman–Crippen MR) is 131 cm³/mol. The Hall–Kier alpha value is -3.98. The second-order valence-corrected chi connectivity index (χ2v) is 8.20. The zero-order valence-electron chi connectivity index (χ0n) is 19.4. The van der Waals surface area contributed by atoms with Crippen molar-refractivity contribution in [2.75, 3.05) is 52.3 Å². The molecule has 1 saturated heterocycles. The molecular weight excluding hydrogens is 432 g/mol. The number of rotatable bonds is 5. The third kappa shape index (κ3) is 4.06. The summed E-state index contributed by atoms with van der Waals surface area (Å²) in [7, 11) is 5.32. The summed E-state index contributed by atoms with van der Waals surface area (Å²) in [4.78, 5) is 32.3. The van der Waals surface area contributed by atoms with Gasteiger partial charge in [0, 0.05) is 31.7 Å². The van der Waals surface area contributed by atoms with Gasteiger partial charge < -0.3 is 19.3 Å². The number of aromatic nitrogens is 4. The van der Waals surface area contributed by atoms with Gasteiger partial charge in [-0.3, -0.25) is 9.36 Å². The van der Waals surface area contributed by atoms with E-state index in [1.165, 1.54) is 0 Å². The fraction of sp³-hybridized carbons (Fsp3) is 0.280. The van der Waals surface area contributed by atoms with Crippen molar-refractivity contribution in [3.8, 4) is 28.4 Å². The second-order valence-electron chi connectivity index (χ2n) is 8.20. The van der Waals surface area contributed by atoms with Gasteiger partial charge in [-0.2, -0.15) is 4.98 Å². The van der Waals surface area contributed by atoms with Crippen LogP contribution in [0.15, 0.2) is 59.5 Å². The van der Waals surface area contributed by atoms with Crippen LogP contribution in [0.25, 0.3) is 28.1 Å². The van der Waals surface area contributed by atoms with Crippen molar-refractivity contribution in [3.63, 3.8) is 0 Å². The summed E-state index contributed by atoms with van der Waals surface area (Å²) in [6.45, 7) is 3.51. The highest BCUT2D eigenvalue weighted by molar-refractivity contribution is 5.77. The maximum absolute atomic E-state index is 13.8. The lowest BCUT2D eigenvalue weighted by Gasteiger charge is -2.32. The average Bonchev–Trinajstić information content (AvgIpc) is 2.89. The number of fused-ring (bicyclic) bond motifs is 1. The van der Waals surface area contributed by atoms with Gasteiger partial charge in [-0.1, -0.05) is 0 Å². The molecule has 0 unspecified atom stereocenters. The monoisotopic (exact) mass is 458 g/mol. The van der Waals surface area contributed by atoms with Crippen LogP contribution in [0.4, 0.5) is 5.95 Å². The molecular formula is C25H26N6O3. The third-order valence-corrected chi connectivity index (χ3v) is 6.07. The van der Waals surface area contributed by atoms with E-state index in [1.807, 2.05) is 48.5 Å². The number of hydrogen-bond donors (Lipinski definition) is 0. The maximum Gasteiger partial charge on any atom is 0.283 e. The van der Waals surface area contributed by atoms with Gasteiger partial charge in [0.05, 0.1) is 26.1 Å². The van der Waals surface area contributed by atoms with E-state index in [4.69, 9.17) is 14.5 Å². The van der Waals surface area contributed by atoms with Crippen molar-refractivity contribution in [3.05, 3.63) is 65.1 Å². The molecule has 5 rings (SSSR count). The van der Waals surface area contributed by atoms with E-state index in [9.17, 15) is 4.79 Å². The number of nitrogens with zero attached hydrogens (tertiary/aromatic N) is 6. The molecule has 0 bridgehead atoms. The minimum absolute atomic E-state index is 0.258. The van der Waals surface area contributed by atoms with Gasteiger partial charge in [-0.25, -0.2) is 9.97 Å². The zero-order valence-corrected chi connectivity index (χ0v) is 19.4. The van der Waals surface area contributed by atoms with Gasteiger partial charge in [-0.05, 0) is 55.6 Å². The minimum Gasteiger partial charge on any atom is -0.497 e. The van der Waals surface area contributed by atoms with E-state index in [2.05, 4.69) is 26.8 Å². The smallest absolute Gasteiger partial charge is 0.283 e. The molecule has 4 aromatic rings. The predicted octanol–water partition coefficient (Wildman–Crippen LogP) is 2.61. The molecule has 0 aliphatic carbocycles. The number of piperazine rings is 1. The molecule has 9 heteroatoms. The Morgan fingerprint density at radius 2 is 1.44 bits per heavy atom. The van der Waals surface area contributed by atoms with Crippen molar-refractivity contribution in [1.82, 2.24) is 24.4 Å². The number of ether oxygens (including phenoxy) is 2. The van der Waals surface area contributed by atoms with Gasteiger partial charge in [0.25, 0.3) is 5.56 Å². The molecule has 174 valence electrons. The van der Waals surface area contributed by atoms with Crippen LogP contribution in [0.3, 0.4) is 0 Å². The largest absolute Gasteiger partial charge is 0.497 e. The number of hydrogen-bond acceptors (Lipinski definition) is 8. The summed E-state index contributed by atoms with van der Waals surface area (Å²) < 4.78 is 12.2. The van der Waals surface area contributed by atoms with E-state index in [0.717, 1.165) is 26.2 Å². The van der Waals surface area contributed by atoms with Crippen LogP contribution in [-0.2, 0) is 0 Å². The lowest BCUT2D eigenvalue weighted by molar-refractivity contribution is 0.311. The van der Waals surface area contributed by atoms with Crippen LogP contribution in [0.2, 0.25) is 0 Å². The van der Waals surface area contributed by atoms with Gasteiger partial charge in [0.15, 0.2) is 5.65 Å². The molecule has 0 amide bonds. The summed E-state index contributed by atoms with van der Waals surface area (Å²) >= 11 is 0. The number of benzene rings is 2. The second kappa shape index (κ2) is 9.11. The first-order chi connectivity index (χ1) is 16.6. The van der Waals surface area contributed by atoms with Crippen molar-refractivity contribution < 1.29 is 9.47 Å². The molecule has 0 N–H and O–H groups in total. The quantitative estimate of drug-likeness (QED) is 0.451. The molecule has 0 atom stereocenters. The first kappa shape index (κ1) is 21.8. The number of anilines is 1. The normalized spacial score (nSPS) is 14.4. The number of likely N-dealkylation sites (N-methyl/N-ethyl adjacent to an activating group) is 1. The highest BCUT2D eigenvalue weighted by atomic mass is 16.5. The van der Waals surface area contributed by atoms with E-state index in [0.29, 0.717) is 45.6 Å². The Kier molecular flexibility index (Phi) is 5.85. The molecule has 34 heavy (non-hydrogen) atoms. The average molecular weight is 459 g/mol. The fourth-order valence-electron chi connectivity index (χ4n) is 4.04. The minimum atomic E-state index is -0.258. The Labute approximate surface area is 197 Å². The highest BCUT2D eigenvalue weighted by Gasteiger charge is 2.20. The van der Waals surface area contributed by atoms with Crippen LogP contribution >= 0.6 is 0 Å². The van der Waals surface area contributed by atoms with E-state index in [1.54, 1.807) is 25.0 Å². The van der Waals surface area contributed by atoms with E-state index >= 15 is 0 Å². The summed E-state index contributed by atoms with van der Waals surface area (Å²) in [5.74, 6) is 2.01. The molecule has 2 aromatic carbocycles. The first-order valence-electron chi connectivity index (χ1n) is 11.1. The fourth-order valence-corrected chi connectivity index (χ4v) is 4.04. The van der Waals surface area contributed by atoms with Gasteiger partial charge in [0.1, 0.15) is 22.7 Å². The topological polar surface area (TPSA) is 85.6 Å². The standard InChI is InChI=1S/C25H26N6O3/c1-29-12-14-30(15-13-29)25-26-16-21-23(28-25)31(18-6-10-20(34-3)11-7-18)24(32)22(27-21)17-4-8-19(33-2)9-5-17/h4-11,16H,12-15H2,1-3H3. The zero-order chi connectivity index (χ0) is 23.7. The van der Waals surface area contributed by atoms with Crippen LogP contribution in [-0.4, -0.2) is 71.9 Å². The van der Waals surface area contributed by atoms with Crippen LogP contribution in [0.5, 0.6) is 11.5 Å². The highest BCUT2D eigenvalue weighted by Crippen LogP contribution is 2.24. The Morgan fingerprint density at radius 1 is 0.824 bits per heavy atom. The lowest BCUT2D eigenvalue weighted by Crippen LogP contribution is -2.45. The van der Waals surface area contributed by atoms with E-state index < -0.39 is 0 Å². The SMILES string of the molecule is COc1ccc(-c2nc3cnc(N4CCN(C)CC4)nc3n(-c3ccc(OC)cc3)c2=O)cc1. The van der Waals surface area contributed by atoms with E-state index in [-0.39, 0.29) is 5.56 Å². The number of methoxy groups -OCH3 is 2. The molecule has 0 spiro atoms. The van der Waals surface area contributed by atoms with Gasteiger partial charge in [0.2, 0.25) is 5.95 Å². The molecule has 2 aromatic heterocycles. The molecule has 1 aliphatic rings. The lowest BCUT2D eigenvalue weighted by atomic mass is 10.1. The summed E-state index contributed by atoms with van der Waals surface area (Å²) in [6, 6.07) is 14.6. The summed E-state index contributed by atoms with van der Waals surface area (Å²) in [5.41, 5.74) is 2.44. The summed E-state index contributed by atoms with van der Waals surface area (Å²) in [6.07, 6.45) is 1.70. The molecule has 9 nitrogen and oxygen atoms in total. The van der Waals surface area contributed by atoms with Crippen LogP contribution in [0.1, 0.15) is 0 Å². The third-order valence-electron chi connectivity index (χ3n) is 6.07. The van der Waals surface area contributed by atoms with Gasteiger partial charge >= 0.3 is 0 Å². The van der Waals surface area contributed by atoms with Crippen molar-refractivity contribution in [1.29, 1.82) is 0 Å². The maximum atomic E-state index is 13.8. The van der Waals surface area contributed by atoms with Crippen molar-refractivity contribution in [2.24, 2.45) is 0 Å². The Balaban J connectivity index is 1.70. The Bertz CT molecular complexity index is 1360. The van der Waals surface area contributed by atoms with Crippen molar-refractivity contribution in [2.45, 2.75) is 0 Å². The van der Waals surface area contributed by atoms with Gasteiger partial charge in [-0.15, -0.1) is 0 Å². The molecule has 0 radical (unpaired) electrons. The molecule has 3 heterocycles. The first-order valence-corrected chi connectivity index (χ1v) is 11.1. The Morgan fingerprint density at radius 3 is 2.06 bits per heavy atom. The van der Waals surface area contributed by atoms with Crippen LogP contribution in [0, 0.1) is 0 Å². The molecule has 1 aliphatic heterocycles. The molecule has 0 saturated carbocycles. The molecule has 1 fully saturated rings.